The molecule has 1 aliphatic rings. The molecule has 0 spiro atoms. The van der Waals surface area contributed by atoms with E-state index in [2.05, 4.69) is 11.9 Å². The average molecular weight is 249 g/mol. The number of nitrogen functional groups attached to an aromatic ring is 1. The average Bonchev–Trinajstić information content (AvgIpc) is 2.38. The normalized spacial score (nSPS) is 24.0. The Morgan fingerprint density at radius 3 is 3.11 bits per heavy atom. The molecule has 0 aliphatic carbocycles. The molecule has 2 heterocycles. The van der Waals surface area contributed by atoms with Crippen LogP contribution in [0.15, 0.2) is 18.5 Å². The summed E-state index contributed by atoms with van der Waals surface area (Å²) < 4.78 is 5.59. The van der Waals surface area contributed by atoms with Gasteiger partial charge in [0.25, 0.3) is 5.91 Å². The van der Waals surface area contributed by atoms with Gasteiger partial charge in [0.2, 0.25) is 0 Å². The van der Waals surface area contributed by atoms with E-state index in [0.29, 0.717) is 24.4 Å². The molecule has 1 aromatic rings. The Morgan fingerprint density at radius 2 is 2.44 bits per heavy atom. The van der Waals surface area contributed by atoms with Gasteiger partial charge in [-0.25, -0.2) is 0 Å². The molecule has 5 heteroatoms. The molecule has 18 heavy (non-hydrogen) atoms. The third kappa shape index (κ3) is 2.46. The highest BCUT2D eigenvalue weighted by atomic mass is 16.5. The van der Waals surface area contributed by atoms with Crippen molar-refractivity contribution in [3.63, 3.8) is 0 Å². The number of amides is 1. The molecule has 1 saturated heterocycles. The van der Waals surface area contributed by atoms with Crippen LogP contribution in [0.4, 0.5) is 5.69 Å². The smallest absolute Gasteiger partial charge is 0.256 e. The number of aromatic nitrogens is 1. The van der Waals surface area contributed by atoms with E-state index < -0.39 is 0 Å². The Kier molecular flexibility index (Phi) is 3.81. The van der Waals surface area contributed by atoms with Crippen LogP contribution in [0.1, 0.15) is 30.6 Å². The monoisotopic (exact) mass is 249 g/mol. The first-order valence-corrected chi connectivity index (χ1v) is 6.25. The van der Waals surface area contributed by atoms with Gasteiger partial charge in [0.15, 0.2) is 0 Å². The van der Waals surface area contributed by atoms with Crippen LogP contribution in [0.25, 0.3) is 0 Å². The fourth-order valence-electron chi connectivity index (χ4n) is 2.19. The predicted octanol–water partition coefficient (Wildman–Crippen LogP) is 1.30. The molecule has 2 N–H and O–H groups in total. The van der Waals surface area contributed by atoms with Crippen molar-refractivity contribution in [1.82, 2.24) is 9.88 Å². The van der Waals surface area contributed by atoms with Crippen LogP contribution in [0.5, 0.6) is 0 Å². The van der Waals surface area contributed by atoms with Gasteiger partial charge < -0.3 is 15.4 Å². The molecule has 0 aromatic carbocycles. The number of carbonyl (C=O) groups excluding carboxylic acids is 1. The maximum absolute atomic E-state index is 12.5. The minimum Gasteiger partial charge on any atom is -0.397 e. The summed E-state index contributed by atoms with van der Waals surface area (Å²) in [6.45, 7) is 5.23. The quantitative estimate of drug-likeness (QED) is 0.858. The van der Waals surface area contributed by atoms with Crippen molar-refractivity contribution in [2.24, 2.45) is 0 Å². The van der Waals surface area contributed by atoms with Gasteiger partial charge in [-0.05, 0) is 19.4 Å². The van der Waals surface area contributed by atoms with Gasteiger partial charge in [-0.2, -0.15) is 0 Å². The lowest BCUT2D eigenvalue weighted by Gasteiger charge is -2.38. The summed E-state index contributed by atoms with van der Waals surface area (Å²) in [5.41, 5.74) is 6.76. The van der Waals surface area contributed by atoms with E-state index in [1.54, 1.807) is 12.3 Å². The van der Waals surface area contributed by atoms with Gasteiger partial charge in [0.05, 0.1) is 36.2 Å². The van der Waals surface area contributed by atoms with Crippen molar-refractivity contribution in [2.75, 3.05) is 18.9 Å². The van der Waals surface area contributed by atoms with Crippen LogP contribution in [-0.4, -0.2) is 41.1 Å². The third-order valence-corrected chi connectivity index (χ3v) is 3.28. The van der Waals surface area contributed by atoms with Gasteiger partial charge in [0, 0.05) is 12.7 Å². The largest absolute Gasteiger partial charge is 0.397 e. The highest BCUT2D eigenvalue weighted by Gasteiger charge is 2.30. The Balaban J connectivity index is 2.23. The van der Waals surface area contributed by atoms with E-state index >= 15 is 0 Å². The Morgan fingerprint density at radius 1 is 1.67 bits per heavy atom. The maximum Gasteiger partial charge on any atom is 0.256 e. The SMILES string of the molecule is CCC1COC(C)CN1C(=O)c1ccncc1N. The molecule has 1 fully saturated rings. The van der Waals surface area contributed by atoms with Crippen LogP contribution in [0, 0.1) is 0 Å². The standard InChI is InChI=1S/C13H19N3O2/c1-3-10-8-18-9(2)7-16(10)13(17)11-4-5-15-6-12(11)14/h4-6,9-10H,3,7-8,14H2,1-2H3. The molecule has 2 atom stereocenters. The predicted molar refractivity (Wildman–Crippen MR) is 69.2 cm³/mol. The number of rotatable bonds is 2. The van der Waals surface area contributed by atoms with E-state index in [-0.39, 0.29) is 18.1 Å². The van der Waals surface area contributed by atoms with E-state index in [4.69, 9.17) is 10.5 Å². The zero-order valence-corrected chi connectivity index (χ0v) is 10.8. The summed E-state index contributed by atoms with van der Waals surface area (Å²) in [5.74, 6) is -0.0306. The van der Waals surface area contributed by atoms with Crippen LogP contribution in [0.2, 0.25) is 0 Å². The maximum atomic E-state index is 12.5. The van der Waals surface area contributed by atoms with Gasteiger partial charge in [-0.3, -0.25) is 9.78 Å². The van der Waals surface area contributed by atoms with Crippen LogP contribution in [-0.2, 0) is 4.74 Å². The molecular weight excluding hydrogens is 230 g/mol. The van der Waals surface area contributed by atoms with Gasteiger partial charge in [-0.15, -0.1) is 0 Å². The lowest BCUT2D eigenvalue weighted by atomic mass is 10.1. The molecule has 2 rings (SSSR count). The minimum absolute atomic E-state index is 0.0306. The fourth-order valence-corrected chi connectivity index (χ4v) is 2.19. The third-order valence-electron chi connectivity index (χ3n) is 3.28. The van der Waals surface area contributed by atoms with Crippen molar-refractivity contribution in [1.29, 1.82) is 0 Å². The van der Waals surface area contributed by atoms with Crippen molar-refractivity contribution >= 4 is 11.6 Å². The molecule has 1 aliphatic heterocycles. The van der Waals surface area contributed by atoms with E-state index in [1.807, 2.05) is 11.8 Å². The van der Waals surface area contributed by atoms with Crippen LogP contribution >= 0.6 is 0 Å². The molecule has 0 bridgehead atoms. The van der Waals surface area contributed by atoms with Crippen molar-refractivity contribution < 1.29 is 9.53 Å². The summed E-state index contributed by atoms with van der Waals surface area (Å²) in [5, 5.41) is 0. The molecule has 2 unspecified atom stereocenters. The summed E-state index contributed by atoms with van der Waals surface area (Å²) in [6, 6.07) is 1.80. The number of hydrogen-bond donors (Lipinski definition) is 1. The molecule has 5 nitrogen and oxygen atoms in total. The molecule has 1 amide bonds. The summed E-state index contributed by atoms with van der Waals surface area (Å²) >= 11 is 0. The highest BCUT2D eigenvalue weighted by molar-refractivity contribution is 5.99. The first-order valence-electron chi connectivity index (χ1n) is 6.25. The fraction of sp³-hybridized carbons (Fsp3) is 0.538. The van der Waals surface area contributed by atoms with Crippen LogP contribution < -0.4 is 5.73 Å². The molecule has 0 saturated carbocycles. The first-order chi connectivity index (χ1) is 8.63. The Bertz CT molecular complexity index is 436. The molecule has 0 radical (unpaired) electrons. The Hall–Kier alpha value is -1.62. The second-order valence-corrected chi connectivity index (χ2v) is 4.63. The van der Waals surface area contributed by atoms with Crippen molar-refractivity contribution in [3.05, 3.63) is 24.0 Å². The number of carbonyl (C=O) groups is 1. The first kappa shape index (κ1) is 12.8. The number of anilines is 1. The van der Waals surface area contributed by atoms with Gasteiger partial charge in [0.1, 0.15) is 0 Å². The summed E-state index contributed by atoms with van der Waals surface area (Å²) in [7, 11) is 0. The minimum atomic E-state index is -0.0306. The zero-order valence-electron chi connectivity index (χ0n) is 10.8. The van der Waals surface area contributed by atoms with E-state index in [1.165, 1.54) is 6.20 Å². The molecule has 1 aromatic heterocycles. The summed E-state index contributed by atoms with van der Waals surface area (Å²) in [4.78, 5) is 18.3. The second kappa shape index (κ2) is 5.35. The Labute approximate surface area is 107 Å². The topological polar surface area (TPSA) is 68.5 Å². The number of ether oxygens (including phenoxy) is 1. The summed E-state index contributed by atoms with van der Waals surface area (Å²) in [6.07, 6.45) is 4.05. The highest BCUT2D eigenvalue weighted by Crippen LogP contribution is 2.20. The van der Waals surface area contributed by atoms with Crippen molar-refractivity contribution in [3.8, 4) is 0 Å². The number of pyridine rings is 1. The number of nitrogens with two attached hydrogens (primary N) is 1. The lowest BCUT2D eigenvalue weighted by molar-refractivity contribution is -0.0443. The van der Waals surface area contributed by atoms with Crippen LogP contribution in [0.3, 0.4) is 0 Å². The number of hydrogen-bond acceptors (Lipinski definition) is 4. The lowest BCUT2D eigenvalue weighted by Crippen LogP contribution is -2.51. The molecular formula is C13H19N3O2. The van der Waals surface area contributed by atoms with E-state index in [9.17, 15) is 4.79 Å². The second-order valence-electron chi connectivity index (χ2n) is 4.63. The van der Waals surface area contributed by atoms with E-state index in [0.717, 1.165) is 6.42 Å². The van der Waals surface area contributed by atoms with Gasteiger partial charge in [-0.1, -0.05) is 6.92 Å². The number of morpholine rings is 1. The van der Waals surface area contributed by atoms with Gasteiger partial charge >= 0.3 is 0 Å². The zero-order chi connectivity index (χ0) is 13.1. The number of nitrogens with zero attached hydrogens (tertiary/aromatic N) is 2. The van der Waals surface area contributed by atoms with Crippen molar-refractivity contribution in [2.45, 2.75) is 32.4 Å². The molecule has 98 valence electrons.